The molecular formula is C9H15N3OS. The van der Waals surface area contributed by atoms with Crippen molar-refractivity contribution < 1.29 is 4.79 Å². The number of carbonyl (C=O) groups excluding carboxylic acids is 1. The van der Waals surface area contributed by atoms with Gasteiger partial charge in [0, 0.05) is 18.1 Å². The first-order valence-electron chi connectivity index (χ1n) is 4.42. The third-order valence-electron chi connectivity index (χ3n) is 1.83. The summed E-state index contributed by atoms with van der Waals surface area (Å²) in [7, 11) is 1.75. The molecule has 1 atom stereocenters. The van der Waals surface area contributed by atoms with Gasteiger partial charge >= 0.3 is 0 Å². The predicted molar refractivity (Wildman–Crippen MR) is 57.0 cm³/mol. The lowest BCUT2D eigenvalue weighted by atomic mass is 10.3. The molecule has 5 heteroatoms. The van der Waals surface area contributed by atoms with Gasteiger partial charge in [-0.05, 0) is 13.8 Å². The van der Waals surface area contributed by atoms with E-state index >= 15 is 0 Å². The SMILES string of the molecule is Cc1ncc(CN(C)C(=O)[C@@H](C)N)s1. The van der Waals surface area contributed by atoms with Crippen LogP contribution in [-0.4, -0.2) is 28.9 Å². The summed E-state index contributed by atoms with van der Waals surface area (Å²) in [5.41, 5.74) is 5.49. The van der Waals surface area contributed by atoms with Gasteiger partial charge in [0.15, 0.2) is 0 Å². The largest absolute Gasteiger partial charge is 0.339 e. The average molecular weight is 213 g/mol. The van der Waals surface area contributed by atoms with Gasteiger partial charge in [-0.3, -0.25) is 4.79 Å². The van der Waals surface area contributed by atoms with Gasteiger partial charge in [0.25, 0.3) is 0 Å². The van der Waals surface area contributed by atoms with E-state index in [1.165, 1.54) is 0 Å². The first kappa shape index (κ1) is 11.1. The van der Waals surface area contributed by atoms with Crippen molar-refractivity contribution in [2.45, 2.75) is 26.4 Å². The maximum atomic E-state index is 11.4. The second-order valence-electron chi connectivity index (χ2n) is 3.33. The van der Waals surface area contributed by atoms with Crippen LogP contribution in [-0.2, 0) is 11.3 Å². The number of carbonyl (C=O) groups is 1. The monoisotopic (exact) mass is 213 g/mol. The molecule has 0 bridgehead atoms. The van der Waals surface area contributed by atoms with Crippen molar-refractivity contribution in [1.82, 2.24) is 9.88 Å². The molecule has 0 unspecified atom stereocenters. The molecule has 1 heterocycles. The number of likely N-dealkylation sites (N-methyl/N-ethyl adjacent to an activating group) is 1. The second-order valence-corrected chi connectivity index (χ2v) is 4.65. The second kappa shape index (κ2) is 4.52. The Morgan fingerprint density at radius 1 is 1.79 bits per heavy atom. The highest BCUT2D eigenvalue weighted by atomic mass is 32.1. The molecule has 1 rings (SSSR count). The number of thiazole rings is 1. The lowest BCUT2D eigenvalue weighted by molar-refractivity contribution is -0.131. The first-order valence-corrected chi connectivity index (χ1v) is 5.24. The molecule has 78 valence electrons. The summed E-state index contributed by atoms with van der Waals surface area (Å²) in [6, 6.07) is -0.436. The highest BCUT2D eigenvalue weighted by Crippen LogP contribution is 2.13. The molecular weight excluding hydrogens is 198 g/mol. The molecule has 0 aromatic carbocycles. The number of rotatable bonds is 3. The van der Waals surface area contributed by atoms with Crippen molar-refractivity contribution in [1.29, 1.82) is 0 Å². The molecule has 1 aromatic rings. The zero-order valence-electron chi connectivity index (χ0n) is 8.65. The minimum absolute atomic E-state index is 0.0453. The summed E-state index contributed by atoms with van der Waals surface area (Å²) in [6.45, 7) is 4.23. The van der Waals surface area contributed by atoms with E-state index in [1.807, 2.05) is 6.92 Å². The van der Waals surface area contributed by atoms with E-state index in [2.05, 4.69) is 4.98 Å². The number of nitrogens with zero attached hydrogens (tertiary/aromatic N) is 2. The summed E-state index contributed by atoms with van der Waals surface area (Å²) < 4.78 is 0. The zero-order valence-corrected chi connectivity index (χ0v) is 9.47. The van der Waals surface area contributed by atoms with Crippen LogP contribution >= 0.6 is 11.3 Å². The maximum Gasteiger partial charge on any atom is 0.239 e. The highest BCUT2D eigenvalue weighted by molar-refractivity contribution is 7.11. The molecule has 2 N–H and O–H groups in total. The molecule has 14 heavy (non-hydrogen) atoms. The Kier molecular flexibility index (Phi) is 3.60. The Morgan fingerprint density at radius 3 is 2.86 bits per heavy atom. The Balaban J connectivity index is 2.57. The standard InChI is InChI=1S/C9H15N3OS/c1-6(10)9(13)12(3)5-8-4-11-7(2)14-8/h4,6H,5,10H2,1-3H3/t6-/m1/s1. The Hall–Kier alpha value is -0.940. The fourth-order valence-electron chi connectivity index (χ4n) is 1.14. The van der Waals surface area contributed by atoms with Crippen LogP contribution in [0.25, 0.3) is 0 Å². The summed E-state index contributed by atoms with van der Waals surface area (Å²) in [6.07, 6.45) is 1.80. The van der Waals surface area contributed by atoms with Crippen molar-refractivity contribution >= 4 is 17.2 Å². The van der Waals surface area contributed by atoms with Gasteiger partial charge < -0.3 is 10.6 Å². The lowest BCUT2D eigenvalue weighted by Crippen LogP contribution is -2.39. The Morgan fingerprint density at radius 2 is 2.43 bits per heavy atom. The molecule has 4 nitrogen and oxygen atoms in total. The zero-order chi connectivity index (χ0) is 10.7. The van der Waals surface area contributed by atoms with Crippen LogP contribution in [0.1, 0.15) is 16.8 Å². The maximum absolute atomic E-state index is 11.4. The predicted octanol–water partition coefficient (Wildman–Crippen LogP) is 0.757. The van der Waals surface area contributed by atoms with Gasteiger partial charge in [0.05, 0.1) is 17.6 Å². The first-order chi connectivity index (χ1) is 6.50. The molecule has 0 spiro atoms. The van der Waals surface area contributed by atoms with Crippen molar-refractivity contribution in [3.8, 4) is 0 Å². The number of nitrogens with two attached hydrogens (primary N) is 1. The molecule has 1 aromatic heterocycles. The van der Waals surface area contributed by atoms with Crippen LogP contribution in [0.2, 0.25) is 0 Å². The average Bonchev–Trinajstić information content (AvgIpc) is 2.49. The van der Waals surface area contributed by atoms with Crippen LogP contribution in [0.5, 0.6) is 0 Å². The van der Waals surface area contributed by atoms with E-state index in [4.69, 9.17) is 5.73 Å². The minimum Gasteiger partial charge on any atom is -0.339 e. The molecule has 1 amide bonds. The molecule has 0 fully saturated rings. The van der Waals surface area contributed by atoms with Crippen LogP contribution in [0, 0.1) is 6.92 Å². The van der Waals surface area contributed by atoms with Gasteiger partial charge in [-0.25, -0.2) is 4.98 Å². The topological polar surface area (TPSA) is 59.2 Å². The highest BCUT2D eigenvalue weighted by Gasteiger charge is 2.14. The number of hydrogen-bond donors (Lipinski definition) is 1. The Bertz CT molecular complexity index is 322. The molecule has 0 saturated carbocycles. The van der Waals surface area contributed by atoms with Crippen LogP contribution in [0.3, 0.4) is 0 Å². The Labute approximate surface area is 87.7 Å². The van der Waals surface area contributed by atoms with Crippen molar-refractivity contribution in [3.63, 3.8) is 0 Å². The van der Waals surface area contributed by atoms with Crippen molar-refractivity contribution in [2.24, 2.45) is 5.73 Å². The van der Waals surface area contributed by atoms with Crippen molar-refractivity contribution in [2.75, 3.05) is 7.05 Å². The minimum atomic E-state index is -0.436. The number of amides is 1. The molecule has 0 radical (unpaired) electrons. The lowest BCUT2D eigenvalue weighted by Gasteiger charge is -2.17. The number of aryl methyl sites for hydroxylation is 1. The molecule has 0 aliphatic carbocycles. The molecule has 0 aliphatic heterocycles. The number of hydrogen-bond acceptors (Lipinski definition) is 4. The fourth-order valence-corrected chi connectivity index (χ4v) is 1.99. The smallest absolute Gasteiger partial charge is 0.239 e. The summed E-state index contributed by atoms with van der Waals surface area (Å²) in [5, 5.41) is 1.02. The van der Waals surface area contributed by atoms with Crippen LogP contribution < -0.4 is 5.73 Å². The van der Waals surface area contributed by atoms with E-state index in [9.17, 15) is 4.79 Å². The van der Waals surface area contributed by atoms with Gasteiger partial charge in [0.1, 0.15) is 0 Å². The van der Waals surface area contributed by atoms with Gasteiger partial charge in [-0.2, -0.15) is 0 Å². The van der Waals surface area contributed by atoms with E-state index in [0.29, 0.717) is 6.54 Å². The van der Waals surface area contributed by atoms with Crippen LogP contribution in [0.4, 0.5) is 0 Å². The van der Waals surface area contributed by atoms with E-state index in [-0.39, 0.29) is 5.91 Å². The summed E-state index contributed by atoms with van der Waals surface area (Å²) in [4.78, 5) is 18.3. The number of aromatic nitrogens is 1. The quantitative estimate of drug-likeness (QED) is 0.806. The van der Waals surface area contributed by atoms with E-state index in [0.717, 1.165) is 9.88 Å². The third-order valence-corrected chi connectivity index (χ3v) is 2.73. The van der Waals surface area contributed by atoms with Crippen molar-refractivity contribution in [3.05, 3.63) is 16.1 Å². The van der Waals surface area contributed by atoms with E-state index in [1.54, 1.807) is 36.4 Å². The molecule has 0 saturated heterocycles. The van der Waals surface area contributed by atoms with E-state index < -0.39 is 6.04 Å². The third kappa shape index (κ3) is 2.78. The van der Waals surface area contributed by atoms with Gasteiger partial charge in [-0.1, -0.05) is 0 Å². The fraction of sp³-hybridized carbons (Fsp3) is 0.556. The van der Waals surface area contributed by atoms with Crippen LogP contribution in [0.15, 0.2) is 6.20 Å². The van der Waals surface area contributed by atoms with Gasteiger partial charge in [0.2, 0.25) is 5.91 Å². The normalized spacial score (nSPS) is 12.6. The molecule has 0 aliphatic rings. The van der Waals surface area contributed by atoms with Gasteiger partial charge in [-0.15, -0.1) is 11.3 Å². The summed E-state index contributed by atoms with van der Waals surface area (Å²) in [5.74, 6) is -0.0453. The summed E-state index contributed by atoms with van der Waals surface area (Å²) >= 11 is 1.60.